The van der Waals surface area contributed by atoms with Gasteiger partial charge < -0.3 is 19.5 Å². The van der Waals surface area contributed by atoms with E-state index in [1.54, 1.807) is 13.0 Å². The Balaban J connectivity index is 1.77. The fourth-order valence-electron chi connectivity index (χ4n) is 4.78. The molecular weight excluding hydrogens is 601 g/mol. The van der Waals surface area contributed by atoms with Gasteiger partial charge in [0.05, 0.1) is 53.7 Å². The monoisotopic (exact) mass is 631 g/mol. The smallest absolute Gasteiger partial charge is 0.418 e. The molecule has 14 heteroatoms. The van der Waals surface area contributed by atoms with Crippen LogP contribution in [-0.2, 0) is 25.2 Å². The second-order valence-electron chi connectivity index (χ2n) is 9.72. The highest BCUT2D eigenvalue weighted by Gasteiger charge is 2.46. The lowest BCUT2D eigenvalue weighted by Crippen LogP contribution is -2.35. The summed E-state index contributed by atoms with van der Waals surface area (Å²) in [5, 5.41) is 1.65. The molecule has 1 N–H and O–H groups in total. The molecule has 1 aromatic carbocycles. The van der Waals surface area contributed by atoms with Gasteiger partial charge in [-0.25, -0.2) is 23.4 Å². The summed E-state index contributed by atoms with van der Waals surface area (Å²) in [4.78, 5) is 34.4. The molecule has 0 bridgehead atoms. The Hall–Kier alpha value is -3.74. The summed E-state index contributed by atoms with van der Waals surface area (Å²) in [5.74, 6) is -4.73. The van der Waals surface area contributed by atoms with Crippen LogP contribution in [0.5, 0.6) is 5.88 Å². The number of nitrogens with zero attached hydrogens (tertiary/aromatic N) is 2. The van der Waals surface area contributed by atoms with E-state index in [1.807, 2.05) is 6.92 Å². The largest absolute Gasteiger partial charge is 0.478 e. The third-order valence-electron chi connectivity index (χ3n) is 6.58. The number of nitrogens with one attached hydrogen (secondary N) is 1. The molecule has 3 rings (SSSR count). The molecule has 2 aromatic rings. The fourth-order valence-corrected chi connectivity index (χ4v) is 5.06. The zero-order valence-electron chi connectivity index (χ0n) is 24.0. The molecule has 1 aliphatic heterocycles. The fraction of sp³-hybridized carbons (Fsp3) is 0.448. The van der Waals surface area contributed by atoms with E-state index >= 15 is 4.39 Å². The van der Waals surface area contributed by atoms with Gasteiger partial charge in [-0.05, 0) is 58.6 Å². The molecule has 0 aliphatic carbocycles. The third-order valence-corrected chi connectivity index (χ3v) is 6.90. The molecule has 1 unspecified atom stereocenters. The van der Waals surface area contributed by atoms with E-state index < -0.39 is 69.5 Å². The molecule has 1 aromatic heterocycles. The van der Waals surface area contributed by atoms with Crippen LogP contribution in [0.1, 0.15) is 61.2 Å². The highest BCUT2D eigenvalue weighted by atomic mass is 35.5. The van der Waals surface area contributed by atoms with E-state index in [9.17, 15) is 27.2 Å². The highest BCUT2D eigenvalue weighted by molar-refractivity contribution is 6.31. The van der Waals surface area contributed by atoms with Crippen molar-refractivity contribution < 1.29 is 45.8 Å². The zero-order valence-corrected chi connectivity index (χ0v) is 24.7. The van der Waals surface area contributed by atoms with E-state index in [0.29, 0.717) is 56.1 Å². The first kappa shape index (κ1) is 33.8. The van der Waals surface area contributed by atoms with Crippen LogP contribution >= 0.6 is 11.6 Å². The Morgan fingerprint density at radius 2 is 1.67 bits per heavy atom. The lowest BCUT2D eigenvalue weighted by molar-refractivity contribution is -0.141. The second-order valence-corrected chi connectivity index (χ2v) is 10.1. The summed E-state index contributed by atoms with van der Waals surface area (Å²) in [7, 11) is 0.922. The quantitative estimate of drug-likeness (QED) is 0.162. The van der Waals surface area contributed by atoms with Crippen molar-refractivity contribution >= 4 is 23.5 Å². The van der Waals surface area contributed by atoms with Crippen molar-refractivity contribution in [2.45, 2.75) is 58.5 Å². The average molecular weight is 632 g/mol. The number of halogens is 6. The Bertz CT molecular complexity index is 1410. The third kappa shape index (κ3) is 8.21. The first-order valence-electron chi connectivity index (χ1n) is 13.3. The number of alkyl halides is 4. The van der Waals surface area contributed by atoms with Gasteiger partial charge >= 0.3 is 18.1 Å². The van der Waals surface area contributed by atoms with Crippen LogP contribution in [-0.4, -0.2) is 48.9 Å². The molecule has 0 spiro atoms. The Labute approximate surface area is 250 Å². The minimum Gasteiger partial charge on any atom is -0.478 e. The summed E-state index contributed by atoms with van der Waals surface area (Å²) in [6.45, 7) is 3.82. The standard InChI is InChI=1S/C29H31ClF5N3O5/c1-15-13-21(38-17(3)36-15)42-11-7-5-6-8-12-43-28(40)22-16(2)37-20(14-31)24(27(39)41-4)25(22)23-19(32)10-9-18(30)26(23)29(33,34)35/h9-10,13,25,37H,5-8,11-12,14H2,1-4H3. The topological polar surface area (TPSA) is 99.6 Å². The highest BCUT2D eigenvalue weighted by Crippen LogP contribution is 2.47. The van der Waals surface area contributed by atoms with Crippen LogP contribution in [0, 0.1) is 19.7 Å². The molecule has 0 saturated carbocycles. The van der Waals surface area contributed by atoms with Crippen LogP contribution in [0.3, 0.4) is 0 Å². The van der Waals surface area contributed by atoms with E-state index in [-0.39, 0.29) is 12.3 Å². The molecule has 0 amide bonds. The molecule has 234 valence electrons. The number of aromatic nitrogens is 2. The minimum atomic E-state index is -5.19. The van der Waals surface area contributed by atoms with Crippen LogP contribution in [0.25, 0.3) is 0 Å². The van der Waals surface area contributed by atoms with Crippen LogP contribution in [0.2, 0.25) is 5.02 Å². The van der Waals surface area contributed by atoms with E-state index in [2.05, 4.69) is 20.0 Å². The van der Waals surface area contributed by atoms with Crippen molar-refractivity contribution in [1.29, 1.82) is 0 Å². The van der Waals surface area contributed by atoms with Gasteiger partial charge in [-0.3, -0.25) is 0 Å². The predicted molar refractivity (Wildman–Crippen MR) is 146 cm³/mol. The maximum atomic E-state index is 15.2. The van der Waals surface area contributed by atoms with Crippen molar-refractivity contribution in [2.24, 2.45) is 0 Å². The van der Waals surface area contributed by atoms with Gasteiger partial charge in [-0.2, -0.15) is 18.2 Å². The van der Waals surface area contributed by atoms with Gasteiger partial charge in [0.15, 0.2) is 0 Å². The number of benzene rings is 1. The first-order valence-corrected chi connectivity index (χ1v) is 13.7. The number of dihydropyridines is 1. The number of hydrogen-bond donors (Lipinski definition) is 1. The summed E-state index contributed by atoms with van der Waals surface area (Å²) in [6, 6.07) is 3.10. The number of allylic oxidation sites excluding steroid dienone is 2. The summed E-state index contributed by atoms with van der Waals surface area (Å²) in [6.07, 6.45) is -2.77. The van der Waals surface area contributed by atoms with Crippen LogP contribution in [0.4, 0.5) is 22.0 Å². The van der Waals surface area contributed by atoms with Crippen molar-refractivity contribution in [3.8, 4) is 5.88 Å². The van der Waals surface area contributed by atoms with Gasteiger partial charge in [0.1, 0.15) is 18.3 Å². The first-order chi connectivity index (χ1) is 20.3. The molecule has 1 aliphatic rings. The molecular formula is C29H31ClF5N3O5. The van der Waals surface area contributed by atoms with Gasteiger partial charge in [0.25, 0.3) is 0 Å². The van der Waals surface area contributed by atoms with Gasteiger partial charge in [-0.15, -0.1) is 0 Å². The Morgan fingerprint density at radius 1 is 1.00 bits per heavy atom. The van der Waals surface area contributed by atoms with Crippen molar-refractivity contribution in [1.82, 2.24) is 15.3 Å². The summed E-state index contributed by atoms with van der Waals surface area (Å²) in [5.41, 5.74) is -3.74. The Kier molecular flexibility index (Phi) is 11.5. The van der Waals surface area contributed by atoms with E-state index in [1.165, 1.54) is 6.92 Å². The summed E-state index contributed by atoms with van der Waals surface area (Å²) >= 11 is 5.85. The maximum Gasteiger partial charge on any atom is 0.418 e. The van der Waals surface area contributed by atoms with Crippen LogP contribution in [0.15, 0.2) is 40.7 Å². The lowest BCUT2D eigenvalue weighted by Gasteiger charge is -2.32. The normalized spacial score (nSPS) is 15.3. The zero-order chi connectivity index (χ0) is 31.9. The number of rotatable bonds is 12. The van der Waals surface area contributed by atoms with E-state index in [0.717, 1.165) is 12.8 Å². The number of esters is 2. The molecule has 0 fully saturated rings. The number of hydrogen-bond acceptors (Lipinski definition) is 8. The number of ether oxygens (including phenoxy) is 3. The van der Waals surface area contributed by atoms with Gasteiger partial charge in [0.2, 0.25) is 5.88 Å². The number of carbonyl (C=O) groups excluding carboxylic acids is 2. The average Bonchev–Trinajstić information content (AvgIpc) is 2.93. The van der Waals surface area contributed by atoms with Gasteiger partial charge in [0, 0.05) is 23.0 Å². The predicted octanol–water partition coefficient (Wildman–Crippen LogP) is 6.44. The molecule has 1 atom stereocenters. The maximum absolute atomic E-state index is 15.2. The van der Waals surface area contributed by atoms with Crippen molar-refractivity contribution in [3.63, 3.8) is 0 Å². The van der Waals surface area contributed by atoms with Crippen LogP contribution < -0.4 is 10.1 Å². The Morgan fingerprint density at radius 3 is 2.28 bits per heavy atom. The molecule has 0 saturated heterocycles. The lowest BCUT2D eigenvalue weighted by atomic mass is 9.78. The van der Waals surface area contributed by atoms with E-state index in [4.69, 9.17) is 21.1 Å². The molecule has 8 nitrogen and oxygen atoms in total. The number of carbonyl (C=O) groups is 2. The minimum absolute atomic E-state index is 0.116. The second kappa shape index (κ2) is 14.6. The number of methoxy groups -OCH3 is 1. The SMILES string of the molecule is COC(=O)C1=C(CF)NC(C)=C(C(=O)OCCCCCCOc2cc(C)nc(C)n2)C1c1c(F)ccc(Cl)c1C(F)(F)F. The van der Waals surface area contributed by atoms with Crippen molar-refractivity contribution in [3.05, 3.63) is 74.2 Å². The molecule has 43 heavy (non-hydrogen) atoms. The summed E-state index contributed by atoms with van der Waals surface area (Å²) < 4.78 is 87.3. The number of unbranched alkanes of at least 4 members (excludes halogenated alkanes) is 3. The number of aryl methyl sites for hydroxylation is 2. The van der Waals surface area contributed by atoms with Crippen molar-refractivity contribution in [2.75, 3.05) is 27.0 Å². The molecule has 0 radical (unpaired) electrons. The molecule has 2 heterocycles. The van der Waals surface area contributed by atoms with Gasteiger partial charge in [-0.1, -0.05) is 11.6 Å².